The number of nitrogens with zero attached hydrogens (tertiary/aromatic N) is 1. The lowest BCUT2D eigenvalue weighted by molar-refractivity contribution is -0.113. The standard InChI is InChI=1S/C19H15NO3S2/c1-2-11-23-16-9-3-13(4-10-16)12-17-18(22)20(19(24)25-17)14-5-7-15(21)8-6-14/h2-10,12,21H,1,11H2/b17-12-. The Morgan fingerprint density at radius 3 is 2.48 bits per heavy atom. The highest BCUT2D eigenvalue weighted by Gasteiger charge is 2.33. The Balaban J connectivity index is 1.80. The van der Waals surface area contributed by atoms with Gasteiger partial charge in [-0.15, -0.1) is 0 Å². The smallest absolute Gasteiger partial charge is 0.270 e. The van der Waals surface area contributed by atoms with Crippen LogP contribution in [0.3, 0.4) is 0 Å². The third kappa shape index (κ3) is 3.92. The predicted molar refractivity (Wildman–Crippen MR) is 106 cm³/mol. The van der Waals surface area contributed by atoms with Crippen LogP contribution in [-0.2, 0) is 4.79 Å². The van der Waals surface area contributed by atoms with E-state index in [1.807, 2.05) is 24.3 Å². The van der Waals surface area contributed by atoms with Crippen molar-refractivity contribution < 1.29 is 14.6 Å². The average Bonchev–Trinajstić information content (AvgIpc) is 2.89. The summed E-state index contributed by atoms with van der Waals surface area (Å²) in [6.07, 6.45) is 3.49. The van der Waals surface area contributed by atoms with Gasteiger partial charge in [0.2, 0.25) is 0 Å². The lowest BCUT2D eigenvalue weighted by atomic mass is 10.2. The van der Waals surface area contributed by atoms with Gasteiger partial charge in [0.05, 0.1) is 10.6 Å². The van der Waals surface area contributed by atoms with Crippen LogP contribution in [0.5, 0.6) is 11.5 Å². The molecule has 0 atom stereocenters. The monoisotopic (exact) mass is 369 g/mol. The van der Waals surface area contributed by atoms with Crippen molar-refractivity contribution in [1.29, 1.82) is 0 Å². The lowest BCUT2D eigenvalue weighted by Crippen LogP contribution is -2.27. The minimum atomic E-state index is -0.173. The summed E-state index contributed by atoms with van der Waals surface area (Å²) in [5, 5.41) is 9.39. The van der Waals surface area contributed by atoms with E-state index in [0.29, 0.717) is 21.5 Å². The third-order valence-electron chi connectivity index (χ3n) is 3.45. The van der Waals surface area contributed by atoms with Gasteiger partial charge in [0.1, 0.15) is 18.1 Å². The average molecular weight is 369 g/mol. The largest absolute Gasteiger partial charge is 0.508 e. The van der Waals surface area contributed by atoms with Gasteiger partial charge in [0, 0.05) is 0 Å². The van der Waals surface area contributed by atoms with Crippen molar-refractivity contribution >= 4 is 46.0 Å². The highest BCUT2D eigenvalue weighted by atomic mass is 32.2. The maximum Gasteiger partial charge on any atom is 0.270 e. The molecule has 126 valence electrons. The summed E-state index contributed by atoms with van der Waals surface area (Å²) in [5.74, 6) is 0.713. The van der Waals surface area contributed by atoms with E-state index < -0.39 is 0 Å². The molecule has 0 aliphatic carbocycles. The third-order valence-corrected chi connectivity index (χ3v) is 4.75. The molecule has 0 spiro atoms. The predicted octanol–water partition coefficient (Wildman–Crippen LogP) is 4.36. The first-order valence-corrected chi connectivity index (χ1v) is 8.72. The maximum atomic E-state index is 12.7. The van der Waals surface area contributed by atoms with Gasteiger partial charge in [-0.25, -0.2) is 0 Å². The van der Waals surface area contributed by atoms with Crippen molar-refractivity contribution in [2.75, 3.05) is 11.5 Å². The minimum Gasteiger partial charge on any atom is -0.508 e. The molecular formula is C19H15NO3S2. The SMILES string of the molecule is C=CCOc1ccc(/C=C2\SC(=S)N(c3ccc(O)cc3)C2=O)cc1. The molecule has 0 saturated carbocycles. The summed E-state index contributed by atoms with van der Waals surface area (Å²) in [4.78, 5) is 14.7. The molecule has 0 bridgehead atoms. The first-order chi connectivity index (χ1) is 12.1. The highest BCUT2D eigenvalue weighted by molar-refractivity contribution is 8.27. The van der Waals surface area contributed by atoms with E-state index in [4.69, 9.17) is 17.0 Å². The fourth-order valence-corrected chi connectivity index (χ4v) is 3.56. The van der Waals surface area contributed by atoms with Crippen LogP contribution in [-0.4, -0.2) is 21.9 Å². The number of phenolic OH excluding ortho intramolecular Hbond substituents is 1. The van der Waals surface area contributed by atoms with Gasteiger partial charge in [0.15, 0.2) is 4.32 Å². The number of benzene rings is 2. The molecular weight excluding hydrogens is 354 g/mol. The van der Waals surface area contributed by atoms with Crippen LogP contribution in [0.15, 0.2) is 66.1 Å². The molecule has 1 aliphatic heterocycles. The molecule has 6 heteroatoms. The van der Waals surface area contributed by atoms with Crippen LogP contribution in [0.25, 0.3) is 6.08 Å². The summed E-state index contributed by atoms with van der Waals surface area (Å²) in [6.45, 7) is 4.06. The van der Waals surface area contributed by atoms with E-state index in [9.17, 15) is 9.90 Å². The lowest BCUT2D eigenvalue weighted by Gasteiger charge is -2.14. The van der Waals surface area contributed by atoms with Crippen LogP contribution in [0.4, 0.5) is 5.69 Å². The number of thiocarbonyl (C=S) groups is 1. The number of aromatic hydroxyl groups is 1. The fourth-order valence-electron chi connectivity index (χ4n) is 2.26. The van der Waals surface area contributed by atoms with E-state index in [1.165, 1.54) is 28.8 Å². The second-order valence-corrected chi connectivity index (χ2v) is 6.88. The number of hydrogen-bond acceptors (Lipinski definition) is 5. The quantitative estimate of drug-likeness (QED) is 0.482. The normalized spacial score (nSPS) is 15.7. The number of hydrogen-bond donors (Lipinski definition) is 1. The number of thioether (sulfide) groups is 1. The number of carbonyl (C=O) groups excluding carboxylic acids is 1. The van der Waals surface area contributed by atoms with E-state index in [-0.39, 0.29) is 11.7 Å². The van der Waals surface area contributed by atoms with Gasteiger partial charge < -0.3 is 9.84 Å². The molecule has 0 unspecified atom stereocenters. The maximum absolute atomic E-state index is 12.7. The Morgan fingerprint density at radius 1 is 1.16 bits per heavy atom. The molecule has 1 heterocycles. The van der Waals surface area contributed by atoms with Gasteiger partial charge in [-0.3, -0.25) is 9.69 Å². The number of amides is 1. The van der Waals surface area contributed by atoms with Crippen LogP contribution >= 0.6 is 24.0 Å². The minimum absolute atomic E-state index is 0.142. The number of phenols is 1. The van der Waals surface area contributed by atoms with E-state index >= 15 is 0 Å². The Hall–Kier alpha value is -2.57. The van der Waals surface area contributed by atoms with Crippen LogP contribution < -0.4 is 9.64 Å². The summed E-state index contributed by atoms with van der Waals surface area (Å²) >= 11 is 6.59. The summed E-state index contributed by atoms with van der Waals surface area (Å²) in [7, 11) is 0. The molecule has 3 rings (SSSR count). The Morgan fingerprint density at radius 2 is 1.84 bits per heavy atom. The van der Waals surface area contributed by atoms with Gasteiger partial charge >= 0.3 is 0 Å². The molecule has 2 aromatic rings. The Kier molecular flexibility index (Phi) is 5.21. The highest BCUT2D eigenvalue weighted by Crippen LogP contribution is 2.36. The van der Waals surface area contributed by atoms with Gasteiger partial charge in [0.25, 0.3) is 5.91 Å². The number of ether oxygens (including phenoxy) is 1. The first kappa shape index (κ1) is 17.3. The summed E-state index contributed by atoms with van der Waals surface area (Å²) in [6, 6.07) is 13.8. The molecule has 2 aromatic carbocycles. The topological polar surface area (TPSA) is 49.8 Å². The molecule has 4 nitrogen and oxygen atoms in total. The molecule has 1 aliphatic rings. The van der Waals surface area contributed by atoms with Gasteiger partial charge in [-0.05, 0) is 48.0 Å². The summed E-state index contributed by atoms with van der Waals surface area (Å²) in [5.41, 5.74) is 1.52. The zero-order valence-corrected chi connectivity index (χ0v) is 14.8. The van der Waals surface area contributed by atoms with Crippen molar-refractivity contribution in [3.8, 4) is 11.5 Å². The zero-order valence-electron chi connectivity index (χ0n) is 13.2. The van der Waals surface area contributed by atoms with Crippen LogP contribution in [0.1, 0.15) is 5.56 Å². The zero-order chi connectivity index (χ0) is 17.8. The molecule has 1 N–H and O–H groups in total. The van der Waals surface area contributed by atoms with Gasteiger partial charge in [-0.1, -0.05) is 48.8 Å². The molecule has 1 amide bonds. The van der Waals surface area contributed by atoms with E-state index in [1.54, 1.807) is 24.3 Å². The molecule has 1 fully saturated rings. The second-order valence-electron chi connectivity index (χ2n) is 5.20. The number of rotatable bonds is 5. The van der Waals surface area contributed by atoms with Crippen LogP contribution in [0.2, 0.25) is 0 Å². The van der Waals surface area contributed by atoms with Crippen molar-refractivity contribution in [3.05, 3.63) is 71.7 Å². The van der Waals surface area contributed by atoms with Crippen molar-refractivity contribution in [3.63, 3.8) is 0 Å². The Bertz CT molecular complexity index is 842. The Labute approximate surface area is 155 Å². The van der Waals surface area contributed by atoms with Crippen LogP contribution in [0, 0.1) is 0 Å². The molecule has 0 radical (unpaired) electrons. The van der Waals surface area contributed by atoms with Crippen molar-refractivity contribution in [2.45, 2.75) is 0 Å². The molecule has 0 aromatic heterocycles. The summed E-state index contributed by atoms with van der Waals surface area (Å²) < 4.78 is 5.91. The van der Waals surface area contributed by atoms with Crippen molar-refractivity contribution in [2.24, 2.45) is 0 Å². The fraction of sp³-hybridized carbons (Fsp3) is 0.0526. The second kappa shape index (κ2) is 7.55. The molecule has 1 saturated heterocycles. The van der Waals surface area contributed by atoms with Gasteiger partial charge in [-0.2, -0.15) is 0 Å². The first-order valence-electron chi connectivity index (χ1n) is 7.49. The van der Waals surface area contributed by atoms with E-state index in [2.05, 4.69) is 6.58 Å². The molecule has 25 heavy (non-hydrogen) atoms. The number of carbonyl (C=O) groups is 1. The van der Waals surface area contributed by atoms with E-state index in [0.717, 1.165) is 11.3 Å². The number of anilines is 1. The van der Waals surface area contributed by atoms with Crippen molar-refractivity contribution in [1.82, 2.24) is 0 Å².